The van der Waals surface area contributed by atoms with E-state index < -0.39 is 4.92 Å². The highest BCUT2D eigenvalue weighted by Gasteiger charge is 2.27. The van der Waals surface area contributed by atoms with Crippen molar-refractivity contribution in [2.45, 2.75) is 26.7 Å². The molecule has 0 bridgehead atoms. The number of aromatic nitrogens is 1. The Morgan fingerprint density at radius 2 is 2.19 bits per heavy atom. The number of pyridine rings is 1. The van der Waals surface area contributed by atoms with E-state index in [9.17, 15) is 14.9 Å². The number of nitrogens with one attached hydrogen (secondary N) is 2. The molecule has 0 saturated carbocycles. The minimum absolute atomic E-state index is 0.0724. The molecule has 7 nitrogen and oxygen atoms in total. The van der Waals surface area contributed by atoms with Crippen LogP contribution in [0.3, 0.4) is 0 Å². The Labute approximate surface area is 123 Å². The minimum atomic E-state index is -0.544. The fourth-order valence-corrected chi connectivity index (χ4v) is 2.45. The van der Waals surface area contributed by atoms with Crippen LogP contribution in [0, 0.1) is 22.5 Å². The second-order valence-electron chi connectivity index (χ2n) is 5.83. The van der Waals surface area contributed by atoms with Gasteiger partial charge in [0, 0.05) is 12.6 Å². The number of carbonyl (C=O) groups excluding carboxylic acids is 1. The van der Waals surface area contributed by atoms with Gasteiger partial charge in [-0.1, -0.05) is 6.92 Å². The van der Waals surface area contributed by atoms with E-state index >= 15 is 0 Å². The quantitative estimate of drug-likeness (QED) is 0.646. The summed E-state index contributed by atoms with van der Waals surface area (Å²) in [6, 6.07) is 1.28. The lowest BCUT2D eigenvalue weighted by molar-refractivity contribution is -0.385. The fraction of sp³-hybridized carbons (Fsp3) is 0.571. The van der Waals surface area contributed by atoms with Crippen LogP contribution >= 0.6 is 0 Å². The van der Waals surface area contributed by atoms with Crippen LogP contribution in [0.5, 0.6) is 0 Å². The molecule has 2 rings (SSSR count). The van der Waals surface area contributed by atoms with Crippen molar-refractivity contribution < 1.29 is 9.72 Å². The summed E-state index contributed by atoms with van der Waals surface area (Å²) in [7, 11) is 0. The highest BCUT2D eigenvalue weighted by atomic mass is 16.6. The first-order chi connectivity index (χ1) is 9.91. The molecule has 21 heavy (non-hydrogen) atoms. The van der Waals surface area contributed by atoms with E-state index in [4.69, 9.17) is 0 Å². The molecule has 0 unspecified atom stereocenters. The number of carbonyl (C=O) groups is 1. The van der Waals surface area contributed by atoms with E-state index in [1.807, 2.05) is 0 Å². The predicted molar refractivity (Wildman–Crippen MR) is 78.2 cm³/mol. The first-order valence-corrected chi connectivity index (χ1v) is 7.01. The zero-order valence-corrected chi connectivity index (χ0v) is 12.3. The first kappa shape index (κ1) is 15.4. The zero-order chi connectivity index (χ0) is 15.5. The Bertz CT molecular complexity index is 553. The normalized spacial score (nSPS) is 17.2. The lowest BCUT2D eigenvalue weighted by Crippen LogP contribution is -2.43. The second-order valence-corrected chi connectivity index (χ2v) is 5.83. The molecule has 1 saturated heterocycles. The van der Waals surface area contributed by atoms with Crippen LogP contribution in [-0.4, -0.2) is 35.4 Å². The van der Waals surface area contributed by atoms with Gasteiger partial charge in [0.1, 0.15) is 6.20 Å². The molecule has 1 aromatic heterocycles. The molecule has 7 heteroatoms. The number of nitrogens with zero attached hydrogens (tertiary/aromatic N) is 2. The number of hydrogen-bond donors (Lipinski definition) is 2. The molecule has 0 atom stereocenters. The van der Waals surface area contributed by atoms with Gasteiger partial charge in [-0.15, -0.1) is 0 Å². The summed E-state index contributed by atoms with van der Waals surface area (Å²) in [6.45, 7) is 6.28. The average Bonchev–Trinajstić information content (AvgIpc) is 2.46. The van der Waals surface area contributed by atoms with E-state index in [0.717, 1.165) is 25.9 Å². The highest BCUT2D eigenvalue weighted by molar-refractivity contribution is 5.95. The highest BCUT2D eigenvalue weighted by Crippen LogP contribution is 2.27. The van der Waals surface area contributed by atoms with Crippen molar-refractivity contribution in [3.8, 4) is 0 Å². The van der Waals surface area contributed by atoms with E-state index in [0.29, 0.717) is 12.2 Å². The largest absolute Gasteiger partial charge is 0.351 e. The van der Waals surface area contributed by atoms with E-state index in [1.165, 1.54) is 12.3 Å². The van der Waals surface area contributed by atoms with Gasteiger partial charge in [0.25, 0.3) is 11.6 Å². The van der Waals surface area contributed by atoms with Crippen molar-refractivity contribution in [1.29, 1.82) is 0 Å². The summed E-state index contributed by atoms with van der Waals surface area (Å²) in [6.07, 6.45) is 3.17. The van der Waals surface area contributed by atoms with Gasteiger partial charge >= 0.3 is 0 Å². The summed E-state index contributed by atoms with van der Waals surface area (Å²) in [5.74, 6) is -0.302. The van der Waals surface area contributed by atoms with Crippen LogP contribution in [0.1, 0.15) is 35.8 Å². The third kappa shape index (κ3) is 3.75. The van der Waals surface area contributed by atoms with Gasteiger partial charge in [-0.3, -0.25) is 19.9 Å². The van der Waals surface area contributed by atoms with E-state index in [-0.39, 0.29) is 22.6 Å². The monoisotopic (exact) mass is 292 g/mol. The average molecular weight is 292 g/mol. The van der Waals surface area contributed by atoms with Gasteiger partial charge < -0.3 is 10.6 Å². The number of amides is 1. The summed E-state index contributed by atoms with van der Waals surface area (Å²) in [4.78, 5) is 26.4. The molecule has 0 aromatic carbocycles. The molecular formula is C14H20N4O3. The van der Waals surface area contributed by atoms with Crippen LogP contribution in [-0.2, 0) is 0 Å². The number of nitro groups is 1. The molecule has 1 aliphatic heterocycles. The molecule has 2 N–H and O–H groups in total. The smallest absolute Gasteiger partial charge is 0.288 e. The van der Waals surface area contributed by atoms with Crippen molar-refractivity contribution in [3.63, 3.8) is 0 Å². The lowest BCUT2D eigenvalue weighted by atomic mass is 9.81. The number of rotatable bonds is 4. The number of aryl methyl sites for hydroxylation is 1. The Morgan fingerprint density at radius 3 is 2.81 bits per heavy atom. The maximum absolute atomic E-state index is 12.2. The summed E-state index contributed by atoms with van der Waals surface area (Å²) in [5, 5.41) is 16.9. The molecule has 1 amide bonds. The van der Waals surface area contributed by atoms with Crippen molar-refractivity contribution in [2.75, 3.05) is 19.6 Å². The van der Waals surface area contributed by atoms with Gasteiger partial charge in [0.15, 0.2) is 0 Å². The number of hydrogen-bond acceptors (Lipinski definition) is 5. The van der Waals surface area contributed by atoms with Crippen molar-refractivity contribution in [1.82, 2.24) is 15.6 Å². The Kier molecular flexibility index (Phi) is 4.52. The number of piperidine rings is 1. The first-order valence-electron chi connectivity index (χ1n) is 7.01. The molecule has 0 aliphatic carbocycles. The van der Waals surface area contributed by atoms with Gasteiger partial charge in [-0.2, -0.15) is 0 Å². The molecule has 1 aromatic rings. The standard InChI is InChI=1S/C14H20N4O3/c1-10-12(7-11(8-16-10)18(20)21)13(19)17-9-14(2)3-5-15-6-4-14/h7-8,15H,3-6,9H2,1-2H3,(H,17,19). The summed E-state index contributed by atoms with van der Waals surface area (Å²) in [5.41, 5.74) is 0.664. The van der Waals surface area contributed by atoms with Gasteiger partial charge in [-0.25, -0.2) is 0 Å². The molecule has 0 spiro atoms. The molecule has 114 valence electrons. The fourth-order valence-electron chi connectivity index (χ4n) is 2.45. The predicted octanol–water partition coefficient (Wildman–Crippen LogP) is 1.42. The summed E-state index contributed by atoms with van der Waals surface area (Å²) < 4.78 is 0. The van der Waals surface area contributed by atoms with E-state index in [1.54, 1.807) is 6.92 Å². The van der Waals surface area contributed by atoms with E-state index in [2.05, 4.69) is 22.5 Å². The van der Waals surface area contributed by atoms with Crippen LogP contribution in [0.15, 0.2) is 12.3 Å². The van der Waals surface area contributed by atoms with Gasteiger partial charge in [0.2, 0.25) is 0 Å². The van der Waals surface area contributed by atoms with Crippen molar-refractivity contribution >= 4 is 11.6 Å². The Hall–Kier alpha value is -2.02. The van der Waals surface area contributed by atoms with Crippen molar-refractivity contribution in [3.05, 3.63) is 33.6 Å². The maximum Gasteiger partial charge on any atom is 0.288 e. The Morgan fingerprint density at radius 1 is 1.52 bits per heavy atom. The lowest BCUT2D eigenvalue weighted by Gasteiger charge is -2.34. The molecule has 1 aliphatic rings. The maximum atomic E-state index is 12.2. The third-order valence-corrected chi connectivity index (χ3v) is 4.01. The second kappa shape index (κ2) is 6.17. The van der Waals surface area contributed by atoms with Crippen molar-refractivity contribution in [2.24, 2.45) is 5.41 Å². The molecule has 2 heterocycles. The topological polar surface area (TPSA) is 97.2 Å². The summed E-state index contributed by atoms with van der Waals surface area (Å²) >= 11 is 0. The van der Waals surface area contributed by atoms with Gasteiger partial charge in [0.05, 0.1) is 16.2 Å². The SMILES string of the molecule is Cc1ncc([N+](=O)[O-])cc1C(=O)NCC1(C)CCNCC1. The molecule has 0 radical (unpaired) electrons. The van der Waals surface area contributed by atoms with Crippen LogP contribution in [0.2, 0.25) is 0 Å². The molecule has 1 fully saturated rings. The van der Waals surface area contributed by atoms with Gasteiger partial charge in [-0.05, 0) is 38.3 Å². The molecular weight excluding hydrogens is 272 g/mol. The third-order valence-electron chi connectivity index (χ3n) is 4.01. The van der Waals surface area contributed by atoms with Crippen LogP contribution in [0.25, 0.3) is 0 Å². The minimum Gasteiger partial charge on any atom is -0.351 e. The van der Waals surface area contributed by atoms with Crippen LogP contribution in [0.4, 0.5) is 5.69 Å². The zero-order valence-electron chi connectivity index (χ0n) is 12.3. The Balaban J connectivity index is 2.06. The van der Waals surface area contributed by atoms with Crippen LogP contribution < -0.4 is 10.6 Å².